The van der Waals surface area contributed by atoms with Gasteiger partial charge in [-0.05, 0) is 77.1 Å². The van der Waals surface area contributed by atoms with E-state index in [0.717, 1.165) is 31.9 Å². The van der Waals surface area contributed by atoms with Gasteiger partial charge in [0.2, 0.25) is 0 Å². The largest absolute Gasteiger partial charge is 0.507 e. The molecular formula is C28H27BrN4O4. The second-order valence-electron chi connectivity index (χ2n) is 9.11. The van der Waals surface area contributed by atoms with Crippen molar-refractivity contribution < 1.29 is 19.4 Å². The van der Waals surface area contributed by atoms with Crippen molar-refractivity contribution in [3.63, 3.8) is 0 Å². The van der Waals surface area contributed by atoms with Gasteiger partial charge in [0.05, 0.1) is 23.2 Å². The molecule has 0 saturated carbocycles. The minimum atomic E-state index is -0.830. The Kier molecular flexibility index (Phi) is 6.99. The molecule has 9 heteroatoms. The summed E-state index contributed by atoms with van der Waals surface area (Å²) in [6.07, 6.45) is 3.24. The van der Waals surface area contributed by atoms with Gasteiger partial charge < -0.3 is 19.6 Å². The number of hydrogen-bond acceptors (Lipinski definition) is 7. The van der Waals surface area contributed by atoms with Crippen LogP contribution in [0, 0.1) is 0 Å². The summed E-state index contributed by atoms with van der Waals surface area (Å²) in [4.78, 5) is 37.0. The first kappa shape index (κ1) is 25.0. The van der Waals surface area contributed by atoms with Crippen molar-refractivity contribution in [1.82, 2.24) is 9.88 Å². The van der Waals surface area contributed by atoms with E-state index in [1.54, 1.807) is 49.8 Å². The highest BCUT2D eigenvalue weighted by Crippen LogP contribution is 2.43. The molecule has 1 amide bonds. The van der Waals surface area contributed by atoms with Crippen molar-refractivity contribution in [1.29, 1.82) is 0 Å². The van der Waals surface area contributed by atoms with Gasteiger partial charge in [0, 0.05) is 55.5 Å². The molecule has 5 rings (SSSR count). The summed E-state index contributed by atoms with van der Waals surface area (Å²) < 4.78 is 5.90. The van der Waals surface area contributed by atoms with E-state index >= 15 is 0 Å². The number of ketones is 1. The van der Waals surface area contributed by atoms with Crippen molar-refractivity contribution in [3.05, 3.63) is 88.2 Å². The maximum Gasteiger partial charge on any atom is 0.300 e. The van der Waals surface area contributed by atoms with Gasteiger partial charge >= 0.3 is 0 Å². The monoisotopic (exact) mass is 562 g/mol. The number of carbonyl (C=O) groups excluding carboxylic acids is 2. The average molecular weight is 563 g/mol. The van der Waals surface area contributed by atoms with Gasteiger partial charge in [0.25, 0.3) is 11.7 Å². The first-order chi connectivity index (χ1) is 17.9. The van der Waals surface area contributed by atoms with E-state index in [1.165, 1.54) is 4.90 Å². The molecule has 0 aliphatic carbocycles. The molecule has 2 aliphatic rings. The number of Topliss-reactive ketones (excluding diaryl/α,β-unsaturated/α-hetero) is 1. The van der Waals surface area contributed by atoms with Gasteiger partial charge in [-0.15, -0.1) is 0 Å². The average Bonchev–Trinajstić information content (AvgIpc) is 3.19. The van der Waals surface area contributed by atoms with E-state index in [4.69, 9.17) is 4.74 Å². The van der Waals surface area contributed by atoms with Crippen LogP contribution in [0.3, 0.4) is 0 Å². The molecule has 1 unspecified atom stereocenters. The highest BCUT2D eigenvalue weighted by Gasteiger charge is 2.47. The molecule has 2 fully saturated rings. The number of aliphatic hydroxyl groups is 1. The molecule has 1 N–H and O–H groups in total. The molecule has 1 aromatic heterocycles. The Morgan fingerprint density at radius 1 is 1.03 bits per heavy atom. The lowest BCUT2D eigenvalue weighted by Crippen LogP contribution is -2.44. The minimum Gasteiger partial charge on any atom is -0.507 e. The standard InChI is InChI=1S/C28H27BrN4O4/c1-31-12-14-32(15-13-31)20-6-8-21(9-7-20)33-25(19-4-3-11-30-17-19)24(27(35)28(33)36)26(34)18-5-10-23(37-2)22(29)16-18/h3-11,16-17,25,34H,12-15H2,1-2H3/b26-24-. The number of nitrogens with zero attached hydrogens (tertiary/aromatic N) is 4. The number of piperazine rings is 1. The van der Waals surface area contributed by atoms with Crippen molar-refractivity contribution in [3.8, 4) is 5.75 Å². The summed E-state index contributed by atoms with van der Waals surface area (Å²) in [5.74, 6) is -1.12. The number of ether oxygens (including phenoxy) is 1. The molecule has 190 valence electrons. The zero-order valence-electron chi connectivity index (χ0n) is 20.6. The van der Waals surface area contributed by atoms with Crippen LogP contribution < -0.4 is 14.5 Å². The molecule has 2 aromatic carbocycles. The summed E-state index contributed by atoms with van der Waals surface area (Å²) in [5.41, 5.74) is 2.67. The van der Waals surface area contributed by atoms with Gasteiger partial charge in [-0.2, -0.15) is 0 Å². The van der Waals surface area contributed by atoms with Crippen LogP contribution in [-0.2, 0) is 9.59 Å². The maximum absolute atomic E-state index is 13.4. The topological polar surface area (TPSA) is 86.2 Å². The van der Waals surface area contributed by atoms with E-state index in [1.807, 2.05) is 24.3 Å². The van der Waals surface area contributed by atoms with E-state index < -0.39 is 17.7 Å². The highest BCUT2D eigenvalue weighted by molar-refractivity contribution is 9.10. The molecule has 0 bridgehead atoms. The third-order valence-corrected chi connectivity index (χ3v) is 7.49. The molecule has 0 radical (unpaired) electrons. The number of aromatic nitrogens is 1. The summed E-state index contributed by atoms with van der Waals surface area (Å²) in [5, 5.41) is 11.3. The predicted molar refractivity (Wildman–Crippen MR) is 146 cm³/mol. The number of hydrogen-bond donors (Lipinski definition) is 1. The van der Waals surface area contributed by atoms with Crippen molar-refractivity contribution in [2.75, 3.05) is 50.1 Å². The van der Waals surface area contributed by atoms with Crippen LogP contribution in [0.1, 0.15) is 17.2 Å². The number of benzene rings is 2. The molecule has 3 aromatic rings. The summed E-state index contributed by atoms with van der Waals surface area (Å²) in [6.45, 7) is 3.82. The van der Waals surface area contributed by atoms with Gasteiger partial charge in [-0.25, -0.2) is 0 Å². The van der Waals surface area contributed by atoms with Crippen LogP contribution in [-0.4, -0.2) is 67.0 Å². The fourth-order valence-electron chi connectivity index (χ4n) is 4.81. The first-order valence-electron chi connectivity index (χ1n) is 12.0. The fraction of sp³-hybridized carbons (Fsp3) is 0.250. The van der Waals surface area contributed by atoms with E-state index in [0.29, 0.717) is 27.0 Å². The van der Waals surface area contributed by atoms with Crippen molar-refractivity contribution >= 4 is 44.8 Å². The van der Waals surface area contributed by atoms with Gasteiger partial charge in [-0.3, -0.25) is 19.5 Å². The summed E-state index contributed by atoms with van der Waals surface area (Å²) in [6, 6.07) is 15.4. The smallest absolute Gasteiger partial charge is 0.300 e. The highest BCUT2D eigenvalue weighted by atomic mass is 79.9. The van der Waals surface area contributed by atoms with Crippen LogP contribution in [0.25, 0.3) is 5.76 Å². The summed E-state index contributed by atoms with van der Waals surface area (Å²) >= 11 is 3.42. The number of amides is 1. The quantitative estimate of drug-likeness (QED) is 0.283. The number of anilines is 2. The van der Waals surface area contributed by atoms with Gasteiger partial charge in [0.1, 0.15) is 11.5 Å². The zero-order valence-corrected chi connectivity index (χ0v) is 22.2. The number of methoxy groups -OCH3 is 1. The minimum absolute atomic E-state index is 0.0122. The Balaban J connectivity index is 1.57. The lowest BCUT2D eigenvalue weighted by molar-refractivity contribution is -0.132. The molecule has 8 nitrogen and oxygen atoms in total. The molecule has 1 atom stereocenters. The number of pyridine rings is 1. The molecule has 37 heavy (non-hydrogen) atoms. The number of carbonyl (C=O) groups is 2. The van der Waals surface area contributed by atoms with Crippen molar-refractivity contribution in [2.45, 2.75) is 6.04 Å². The van der Waals surface area contributed by atoms with Crippen LogP contribution in [0.5, 0.6) is 5.75 Å². The van der Waals surface area contributed by atoms with Crippen LogP contribution in [0.4, 0.5) is 11.4 Å². The third-order valence-electron chi connectivity index (χ3n) is 6.87. The van der Waals surface area contributed by atoms with Crippen molar-refractivity contribution in [2.24, 2.45) is 0 Å². The fourth-order valence-corrected chi connectivity index (χ4v) is 5.35. The first-order valence-corrected chi connectivity index (χ1v) is 12.8. The third kappa shape index (κ3) is 4.72. The molecule has 2 aliphatic heterocycles. The maximum atomic E-state index is 13.4. The van der Waals surface area contributed by atoms with Crippen LogP contribution in [0.15, 0.2) is 77.0 Å². The Hall–Kier alpha value is -3.69. The van der Waals surface area contributed by atoms with E-state index in [9.17, 15) is 14.7 Å². The number of aliphatic hydroxyl groups excluding tert-OH is 1. The second-order valence-corrected chi connectivity index (χ2v) is 9.97. The lowest BCUT2D eigenvalue weighted by Gasteiger charge is -2.34. The number of likely N-dealkylation sites (N-methyl/N-ethyl adjacent to an activating group) is 1. The van der Waals surface area contributed by atoms with Crippen LogP contribution >= 0.6 is 15.9 Å². The van der Waals surface area contributed by atoms with E-state index in [2.05, 4.69) is 37.8 Å². The van der Waals surface area contributed by atoms with Crippen LogP contribution in [0.2, 0.25) is 0 Å². The zero-order chi connectivity index (χ0) is 26.1. The Morgan fingerprint density at radius 3 is 2.35 bits per heavy atom. The van der Waals surface area contributed by atoms with E-state index in [-0.39, 0.29) is 11.3 Å². The Bertz CT molecular complexity index is 1350. The second kappa shape index (κ2) is 10.4. The number of rotatable bonds is 5. The molecular weight excluding hydrogens is 536 g/mol. The predicted octanol–water partition coefficient (Wildman–Crippen LogP) is 4.23. The molecule has 2 saturated heterocycles. The normalized spacial score (nSPS) is 19.9. The Labute approximate surface area is 223 Å². The number of halogens is 1. The van der Waals surface area contributed by atoms with Gasteiger partial charge in [0.15, 0.2) is 0 Å². The Morgan fingerprint density at radius 2 is 1.73 bits per heavy atom. The summed E-state index contributed by atoms with van der Waals surface area (Å²) in [7, 11) is 3.66. The van der Waals surface area contributed by atoms with Gasteiger partial charge in [-0.1, -0.05) is 6.07 Å². The molecule has 3 heterocycles. The molecule has 0 spiro atoms. The SMILES string of the molecule is COc1ccc(/C(O)=C2/C(=O)C(=O)N(c3ccc(N4CCN(C)CC4)cc3)C2c2cccnc2)cc1Br. The lowest BCUT2D eigenvalue weighted by atomic mass is 9.96.